The van der Waals surface area contributed by atoms with E-state index in [1.165, 1.54) is 0 Å². The number of nitrogens with zero attached hydrogens (tertiary/aromatic N) is 1. The summed E-state index contributed by atoms with van der Waals surface area (Å²) in [5.74, 6) is -2.89. The van der Waals surface area contributed by atoms with Crippen molar-refractivity contribution >= 4 is 6.41 Å². The van der Waals surface area contributed by atoms with Gasteiger partial charge in [-0.05, 0) is 0 Å². The van der Waals surface area contributed by atoms with Crippen LogP contribution in [0.1, 0.15) is 0 Å². The van der Waals surface area contributed by atoms with Gasteiger partial charge in [-0.3, -0.25) is 4.79 Å². The summed E-state index contributed by atoms with van der Waals surface area (Å²) in [6, 6.07) is 0. The molecule has 0 aromatic rings. The molecule has 1 aliphatic heterocycles. The van der Waals surface area contributed by atoms with Gasteiger partial charge in [0.25, 0.3) is 5.92 Å². The van der Waals surface area contributed by atoms with E-state index < -0.39 is 19.1 Å². The van der Waals surface area contributed by atoms with Crippen molar-refractivity contribution in [1.82, 2.24) is 4.90 Å². The predicted octanol–water partition coefficient (Wildman–Crippen LogP) is 0.110. The number of halogens is 2. The summed E-state index contributed by atoms with van der Waals surface area (Å²) in [5.41, 5.74) is 0. The van der Waals surface area contributed by atoms with E-state index in [1.54, 1.807) is 0 Å². The molecule has 0 aromatic heterocycles. The molecule has 1 aliphatic rings. The first-order valence-corrected chi connectivity index (χ1v) is 3.29. The van der Waals surface area contributed by atoms with Crippen LogP contribution in [0.2, 0.25) is 0 Å². The van der Waals surface area contributed by atoms with Crippen molar-refractivity contribution in [3.05, 3.63) is 0 Å². The van der Waals surface area contributed by atoms with Crippen molar-refractivity contribution in [3.8, 4) is 0 Å². The van der Waals surface area contributed by atoms with Crippen LogP contribution in [0.15, 0.2) is 0 Å². The number of carbonyl (C=O) groups is 1. The van der Waals surface area contributed by atoms with Gasteiger partial charge in [-0.15, -0.1) is 0 Å². The van der Waals surface area contributed by atoms with E-state index in [-0.39, 0.29) is 13.2 Å². The van der Waals surface area contributed by atoms with Crippen LogP contribution in [0.3, 0.4) is 0 Å². The fourth-order valence-electron chi connectivity index (χ4n) is 0.915. The Labute approximate surface area is 62.9 Å². The highest BCUT2D eigenvalue weighted by Gasteiger charge is 2.33. The summed E-state index contributed by atoms with van der Waals surface area (Å²) in [6.07, 6.45) is 0.419. The molecule has 0 radical (unpaired) electrons. The molecular formula is C6H9F2NO2. The summed E-state index contributed by atoms with van der Waals surface area (Å²) >= 11 is 0. The second kappa shape index (κ2) is 3.13. The fourth-order valence-corrected chi connectivity index (χ4v) is 0.915. The molecule has 1 rings (SSSR count). The minimum absolute atomic E-state index is 0.189. The summed E-state index contributed by atoms with van der Waals surface area (Å²) < 4.78 is 29.7. The van der Waals surface area contributed by atoms with Gasteiger partial charge in [0.2, 0.25) is 6.41 Å². The van der Waals surface area contributed by atoms with Gasteiger partial charge in [-0.1, -0.05) is 0 Å². The van der Waals surface area contributed by atoms with Gasteiger partial charge >= 0.3 is 0 Å². The Balaban J connectivity index is 2.53. The average molecular weight is 165 g/mol. The minimum Gasteiger partial charge on any atom is -0.373 e. The van der Waals surface area contributed by atoms with Gasteiger partial charge in [-0.2, -0.15) is 0 Å². The van der Waals surface area contributed by atoms with Crippen LogP contribution in [0.25, 0.3) is 0 Å². The van der Waals surface area contributed by atoms with E-state index in [0.717, 1.165) is 4.90 Å². The second-order valence-electron chi connectivity index (χ2n) is 2.48. The molecule has 0 atom stereocenters. The number of hydrogen-bond donors (Lipinski definition) is 0. The summed E-state index contributed by atoms with van der Waals surface area (Å²) in [6.45, 7) is -0.679. The molecule has 1 heterocycles. The van der Waals surface area contributed by atoms with Crippen LogP contribution in [0.4, 0.5) is 8.78 Å². The van der Waals surface area contributed by atoms with E-state index in [9.17, 15) is 13.6 Å². The molecular weight excluding hydrogens is 156 g/mol. The molecule has 0 saturated carbocycles. The van der Waals surface area contributed by atoms with Gasteiger partial charge in [0.05, 0.1) is 13.2 Å². The molecule has 64 valence electrons. The normalized spacial score (nSPS) is 24.4. The highest BCUT2D eigenvalue weighted by molar-refractivity contribution is 5.47. The quantitative estimate of drug-likeness (QED) is 0.516. The molecule has 3 nitrogen and oxygen atoms in total. The highest BCUT2D eigenvalue weighted by atomic mass is 19.3. The topological polar surface area (TPSA) is 29.5 Å². The Morgan fingerprint density at radius 1 is 1.55 bits per heavy atom. The lowest BCUT2D eigenvalue weighted by molar-refractivity contribution is -0.122. The van der Waals surface area contributed by atoms with Gasteiger partial charge in [0.1, 0.15) is 6.61 Å². The van der Waals surface area contributed by atoms with Crippen molar-refractivity contribution in [2.24, 2.45) is 0 Å². The first-order valence-electron chi connectivity index (χ1n) is 3.29. The van der Waals surface area contributed by atoms with Crippen molar-refractivity contribution in [2.45, 2.75) is 5.92 Å². The number of amides is 1. The zero-order chi connectivity index (χ0) is 8.32. The second-order valence-corrected chi connectivity index (χ2v) is 2.48. The summed E-state index contributed by atoms with van der Waals surface area (Å²) in [7, 11) is 0. The fraction of sp³-hybridized carbons (Fsp3) is 0.833. The lowest BCUT2D eigenvalue weighted by Gasteiger charge is -2.17. The van der Waals surface area contributed by atoms with Crippen molar-refractivity contribution in [2.75, 3.05) is 26.3 Å². The zero-order valence-corrected chi connectivity index (χ0v) is 5.93. The Morgan fingerprint density at radius 3 is 2.91 bits per heavy atom. The molecule has 11 heavy (non-hydrogen) atoms. The number of hydrogen-bond acceptors (Lipinski definition) is 2. The molecule has 0 aromatic carbocycles. The lowest BCUT2D eigenvalue weighted by Crippen LogP contribution is -2.36. The van der Waals surface area contributed by atoms with E-state index in [4.69, 9.17) is 0 Å². The Kier molecular flexibility index (Phi) is 2.38. The maximum atomic E-state index is 12.6. The Morgan fingerprint density at radius 2 is 2.27 bits per heavy atom. The largest absolute Gasteiger partial charge is 0.373 e. The van der Waals surface area contributed by atoms with Crippen LogP contribution < -0.4 is 0 Å². The van der Waals surface area contributed by atoms with Crippen LogP contribution in [0, 0.1) is 0 Å². The van der Waals surface area contributed by atoms with Crippen LogP contribution >= 0.6 is 0 Å². The lowest BCUT2D eigenvalue weighted by atomic mass is 10.3. The van der Waals surface area contributed by atoms with Crippen molar-refractivity contribution in [1.29, 1.82) is 0 Å². The van der Waals surface area contributed by atoms with Gasteiger partial charge in [0, 0.05) is 6.54 Å². The first kappa shape index (κ1) is 8.39. The number of ether oxygens (including phenoxy) is 1. The molecule has 1 amide bonds. The van der Waals surface area contributed by atoms with E-state index in [1.807, 2.05) is 0 Å². The van der Waals surface area contributed by atoms with E-state index in [2.05, 4.69) is 4.74 Å². The summed E-state index contributed by atoms with van der Waals surface area (Å²) in [5, 5.41) is 0. The number of alkyl halides is 2. The standard InChI is InChI=1S/C6H9F2NO2/c7-6(8)3-9(5-10)1-2-11-4-6/h5H,1-4H2. The SMILES string of the molecule is O=CN1CCOCC(F)(F)C1. The maximum absolute atomic E-state index is 12.6. The van der Waals surface area contributed by atoms with Crippen LogP contribution in [-0.4, -0.2) is 43.5 Å². The maximum Gasteiger partial charge on any atom is 0.288 e. The molecule has 1 saturated heterocycles. The smallest absolute Gasteiger partial charge is 0.288 e. The number of rotatable bonds is 1. The Hall–Kier alpha value is -0.710. The van der Waals surface area contributed by atoms with E-state index >= 15 is 0 Å². The number of carbonyl (C=O) groups excluding carboxylic acids is 1. The third-order valence-corrected chi connectivity index (χ3v) is 1.42. The monoisotopic (exact) mass is 165 g/mol. The van der Waals surface area contributed by atoms with Crippen LogP contribution in [0.5, 0.6) is 0 Å². The first-order chi connectivity index (χ1) is 5.14. The molecule has 0 aliphatic carbocycles. The average Bonchev–Trinajstić information content (AvgIpc) is 2.10. The molecule has 0 N–H and O–H groups in total. The Bertz CT molecular complexity index is 152. The molecule has 0 bridgehead atoms. The third-order valence-electron chi connectivity index (χ3n) is 1.42. The molecule has 5 heteroatoms. The zero-order valence-electron chi connectivity index (χ0n) is 5.93. The summed E-state index contributed by atoms with van der Waals surface area (Å²) in [4.78, 5) is 11.2. The van der Waals surface area contributed by atoms with Gasteiger partial charge in [0.15, 0.2) is 0 Å². The predicted molar refractivity (Wildman–Crippen MR) is 33.4 cm³/mol. The highest BCUT2D eigenvalue weighted by Crippen LogP contribution is 2.17. The van der Waals surface area contributed by atoms with Gasteiger partial charge < -0.3 is 9.64 Å². The van der Waals surface area contributed by atoms with Crippen molar-refractivity contribution in [3.63, 3.8) is 0 Å². The molecule has 0 spiro atoms. The van der Waals surface area contributed by atoms with Gasteiger partial charge in [-0.25, -0.2) is 8.78 Å². The van der Waals surface area contributed by atoms with Crippen molar-refractivity contribution < 1.29 is 18.3 Å². The molecule has 1 fully saturated rings. The van der Waals surface area contributed by atoms with Crippen LogP contribution in [-0.2, 0) is 9.53 Å². The third kappa shape index (κ3) is 2.42. The van der Waals surface area contributed by atoms with E-state index in [0.29, 0.717) is 6.41 Å². The minimum atomic E-state index is -2.89. The molecule has 0 unspecified atom stereocenters.